The molecule has 1 N–H and O–H groups in total. The summed E-state index contributed by atoms with van der Waals surface area (Å²) in [6.45, 7) is 1.68. The Labute approximate surface area is 88.7 Å². The van der Waals surface area contributed by atoms with Crippen molar-refractivity contribution in [2.75, 3.05) is 7.11 Å². The van der Waals surface area contributed by atoms with Crippen LogP contribution in [-0.4, -0.2) is 12.2 Å². The first-order valence-corrected chi connectivity index (χ1v) is 5.14. The minimum Gasteiger partial charge on any atom is -0.494 e. The first-order valence-electron chi connectivity index (χ1n) is 5.14. The SMILES string of the molecule is COc1ccc(C2(O)CCC2)c(C)c1F. The summed E-state index contributed by atoms with van der Waals surface area (Å²) < 4.78 is 18.6. The fourth-order valence-corrected chi connectivity index (χ4v) is 2.10. The molecule has 1 fully saturated rings. The number of benzene rings is 1. The number of rotatable bonds is 2. The molecule has 0 radical (unpaired) electrons. The second kappa shape index (κ2) is 3.49. The van der Waals surface area contributed by atoms with Crippen LogP contribution in [0, 0.1) is 12.7 Å². The minimum absolute atomic E-state index is 0.235. The summed E-state index contributed by atoms with van der Waals surface area (Å²) in [7, 11) is 1.44. The third-order valence-electron chi connectivity index (χ3n) is 3.25. The van der Waals surface area contributed by atoms with Crippen LogP contribution in [0.15, 0.2) is 12.1 Å². The van der Waals surface area contributed by atoms with Crippen LogP contribution in [-0.2, 0) is 5.60 Å². The number of aliphatic hydroxyl groups is 1. The van der Waals surface area contributed by atoms with Crippen molar-refractivity contribution >= 4 is 0 Å². The van der Waals surface area contributed by atoms with Crippen molar-refractivity contribution in [2.45, 2.75) is 31.8 Å². The van der Waals surface area contributed by atoms with Gasteiger partial charge < -0.3 is 9.84 Å². The van der Waals surface area contributed by atoms with E-state index in [2.05, 4.69) is 0 Å². The summed E-state index contributed by atoms with van der Waals surface area (Å²) in [4.78, 5) is 0. The van der Waals surface area contributed by atoms with Gasteiger partial charge in [-0.3, -0.25) is 0 Å². The van der Waals surface area contributed by atoms with Gasteiger partial charge in [0.15, 0.2) is 11.6 Å². The number of halogens is 1. The summed E-state index contributed by atoms with van der Waals surface area (Å²) in [5.41, 5.74) is 0.389. The molecule has 0 saturated heterocycles. The first-order chi connectivity index (χ1) is 7.08. The van der Waals surface area contributed by atoms with E-state index in [-0.39, 0.29) is 11.6 Å². The molecule has 1 saturated carbocycles. The number of methoxy groups -OCH3 is 1. The van der Waals surface area contributed by atoms with Gasteiger partial charge >= 0.3 is 0 Å². The topological polar surface area (TPSA) is 29.5 Å². The van der Waals surface area contributed by atoms with E-state index in [4.69, 9.17) is 4.74 Å². The molecule has 3 heteroatoms. The molecule has 1 aromatic carbocycles. The van der Waals surface area contributed by atoms with E-state index in [1.165, 1.54) is 7.11 Å². The molecule has 0 bridgehead atoms. The average Bonchev–Trinajstić information content (AvgIpc) is 2.19. The molecular weight excluding hydrogens is 195 g/mol. The molecule has 82 valence electrons. The Balaban J connectivity index is 2.46. The van der Waals surface area contributed by atoms with Crippen molar-refractivity contribution in [3.8, 4) is 5.75 Å². The lowest BCUT2D eigenvalue weighted by atomic mass is 9.73. The van der Waals surface area contributed by atoms with E-state index in [0.29, 0.717) is 11.1 Å². The molecule has 15 heavy (non-hydrogen) atoms. The highest BCUT2D eigenvalue weighted by Gasteiger charge is 2.38. The van der Waals surface area contributed by atoms with Gasteiger partial charge in [-0.2, -0.15) is 0 Å². The van der Waals surface area contributed by atoms with Crippen molar-refractivity contribution in [1.82, 2.24) is 0 Å². The van der Waals surface area contributed by atoms with Crippen LogP contribution in [0.2, 0.25) is 0 Å². The second-order valence-corrected chi connectivity index (χ2v) is 4.14. The predicted octanol–water partition coefficient (Wildman–Crippen LogP) is 2.51. The lowest BCUT2D eigenvalue weighted by molar-refractivity contribution is -0.0396. The number of ether oxygens (including phenoxy) is 1. The van der Waals surface area contributed by atoms with Crippen LogP contribution in [0.25, 0.3) is 0 Å². The zero-order valence-electron chi connectivity index (χ0n) is 9.01. The van der Waals surface area contributed by atoms with Gasteiger partial charge in [-0.15, -0.1) is 0 Å². The van der Waals surface area contributed by atoms with Crippen LogP contribution in [0.5, 0.6) is 5.75 Å². The summed E-state index contributed by atoms with van der Waals surface area (Å²) >= 11 is 0. The molecule has 0 unspecified atom stereocenters. The fraction of sp³-hybridized carbons (Fsp3) is 0.500. The molecule has 0 atom stereocenters. The maximum absolute atomic E-state index is 13.7. The van der Waals surface area contributed by atoms with Crippen molar-refractivity contribution in [1.29, 1.82) is 0 Å². The molecule has 0 heterocycles. The molecule has 0 aromatic heterocycles. The molecular formula is C12H15FO2. The van der Waals surface area contributed by atoms with Crippen LogP contribution in [0.1, 0.15) is 30.4 Å². The zero-order chi connectivity index (χ0) is 11.1. The smallest absolute Gasteiger partial charge is 0.168 e. The van der Waals surface area contributed by atoms with E-state index in [1.54, 1.807) is 19.1 Å². The predicted molar refractivity (Wildman–Crippen MR) is 55.4 cm³/mol. The summed E-state index contributed by atoms with van der Waals surface area (Å²) in [5, 5.41) is 10.1. The third-order valence-corrected chi connectivity index (χ3v) is 3.25. The standard InChI is InChI=1S/C12H15FO2/c1-8-9(12(14)6-3-7-12)4-5-10(15-2)11(8)13/h4-5,14H,3,6-7H2,1-2H3. The quantitative estimate of drug-likeness (QED) is 0.812. The lowest BCUT2D eigenvalue weighted by Crippen LogP contribution is -2.34. The first kappa shape index (κ1) is 10.4. The second-order valence-electron chi connectivity index (χ2n) is 4.14. The Bertz CT molecular complexity index is 383. The zero-order valence-corrected chi connectivity index (χ0v) is 9.01. The normalized spacial score (nSPS) is 18.4. The molecule has 0 amide bonds. The third kappa shape index (κ3) is 1.51. The van der Waals surface area contributed by atoms with Crippen LogP contribution >= 0.6 is 0 Å². The Morgan fingerprint density at radius 3 is 2.53 bits per heavy atom. The molecule has 2 nitrogen and oxygen atoms in total. The van der Waals surface area contributed by atoms with Gasteiger partial charge in [-0.05, 0) is 43.4 Å². The monoisotopic (exact) mass is 210 g/mol. The van der Waals surface area contributed by atoms with Gasteiger partial charge in [0.05, 0.1) is 12.7 Å². The number of hydrogen-bond donors (Lipinski definition) is 1. The summed E-state index contributed by atoms with van der Waals surface area (Å²) in [5.74, 6) is -0.130. The van der Waals surface area contributed by atoms with Gasteiger partial charge in [0.2, 0.25) is 0 Å². The van der Waals surface area contributed by atoms with Gasteiger partial charge in [0.1, 0.15) is 0 Å². The van der Waals surface area contributed by atoms with Crippen molar-refractivity contribution in [3.05, 3.63) is 29.1 Å². The van der Waals surface area contributed by atoms with E-state index in [1.807, 2.05) is 0 Å². The highest BCUT2D eigenvalue weighted by atomic mass is 19.1. The van der Waals surface area contributed by atoms with Crippen molar-refractivity contribution in [3.63, 3.8) is 0 Å². The Morgan fingerprint density at radius 1 is 1.40 bits per heavy atom. The van der Waals surface area contributed by atoms with Crippen molar-refractivity contribution < 1.29 is 14.2 Å². The maximum atomic E-state index is 13.7. The highest BCUT2D eigenvalue weighted by Crippen LogP contribution is 2.43. The molecule has 0 aliphatic heterocycles. The van der Waals surface area contributed by atoms with Crippen LogP contribution in [0.4, 0.5) is 4.39 Å². The summed E-state index contributed by atoms with van der Waals surface area (Å²) in [6, 6.07) is 3.34. The Morgan fingerprint density at radius 2 is 2.07 bits per heavy atom. The minimum atomic E-state index is -0.808. The highest BCUT2D eigenvalue weighted by molar-refractivity contribution is 5.40. The lowest BCUT2D eigenvalue weighted by Gasteiger charge is -2.38. The van der Waals surface area contributed by atoms with Crippen molar-refractivity contribution in [2.24, 2.45) is 0 Å². The molecule has 0 spiro atoms. The van der Waals surface area contributed by atoms with Gasteiger partial charge in [-0.1, -0.05) is 6.07 Å². The molecule has 1 aliphatic rings. The van der Waals surface area contributed by atoms with Crippen LogP contribution < -0.4 is 4.74 Å². The van der Waals surface area contributed by atoms with E-state index < -0.39 is 5.60 Å². The molecule has 2 rings (SSSR count). The maximum Gasteiger partial charge on any atom is 0.168 e. The largest absolute Gasteiger partial charge is 0.494 e. The van der Waals surface area contributed by atoms with Gasteiger partial charge in [0.25, 0.3) is 0 Å². The number of hydrogen-bond acceptors (Lipinski definition) is 2. The van der Waals surface area contributed by atoms with E-state index in [9.17, 15) is 9.50 Å². The van der Waals surface area contributed by atoms with Gasteiger partial charge in [0, 0.05) is 0 Å². The fourth-order valence-electron chi connectivity index (χ4n) is 2.10. The Kier molecular flexibility index (Phi) is 2.43. The van der Waals surface area contributed by atoms with Crippen LogP contribution in [0.3, 0.4) is 0 Å². The van der Waals surface area contributed by atoms with E-state index >= 15 is 0 Å². The van der Waals surface area contributed by atoms with E-state index in [0.717, 1.165) is 19.3 Å². The molecule has 1 aromatic rings. The Hall–Kier alpha value is -1.09. The summed E-state index contributed by atoms with van der Waals surface area (Å²) in [6.07, 6.45) is 2.45. The van der Waals surface area contributed by atoms with Gasteiger partial charge in [-0.25, -0.2) is 4.39 Å². The molecule has 1 aliphatic carbocycles. The average molecular weight is 210 g/mol.